The molecule has 0 saturated carbocycles. The van der Waals surface area contributed by atoms with E-state index in [1.807, 2.05) is 12.1 Å². The molecule has 1 unspecified atom stereocenters. The van der Waals surface area contributed by atoms with Crippen molar-refractivity contribution in [1.29, 1.82) is 0 Å². The van der Waals surface area contributed by atoms with Crippen molar-refractivity contribution in [1.82, 2.24) is 15.1 Å². The SMILES string of the molecule is CNC(=O)c1nn(CC(O)COc2ccc(Br)cc2)c(=O)c2ccccc12. The zero-order chi connectivity index (χ0) is 19.4. The van der Waals surface area contributed by atoms with Crippen molar-refractivity contribution in [3.8, 4) is 5.75 Å². The number of carbonyl (C=O) groups is 1. The molecule has 0 fully saturated rings. The number of nitrogens with zero attached hydrogens (tertiary/aromatic N) is 2. The molecule has 0 bridgehead atoms. The normalized spacial score (nSPS) is 12.0. The molecule has 3 aromatic rings. The molecule has 0 aliphatic rings. The maximum Gasteiger partial charge on any atom is 0.274 e. The van der Waals surface area contributed by atoms with E-state index in [0.29, 0.717) is 16.5 Å². The van der Waals surface area contributed by atoms with E-state index < -0.39 is 12.0 Å². The molecule has 8 heteroatoms. The molecule has 1 amide bonds. The number of amides is 1. The summed E-state index contributed by atoms with van der Waals surface area (Å²) in [5.74, 6) is 0.197. The number of fused-ring (bicyclic) bond motifs is 1. The fourth-order valence-electron chi connectivity index (χ4n) is 2.62. The molecule has 140 valence electrons. The van der Waals surface area contributed by atoms with Gasteiger partial charge >= 0.3 is 0 Å². The van der Waals surface area contributed by atoms with Crippen LogP contribution in [0.15, 0.2) is 57.8 Å². The number of rotatable bonds is 6. The third kappa shape index (κ3) is 4.35. The van der Waals surface area contributed by atoms with Gasteiger partial charge in [-0.25, -0.2) is 4.68 Å². The second-order valence-corrected chi connectivity index (χ2v) is 6.80. The first-order chi connectivity index (χ1) is 13.0. The number of aliphatic hydroxyl groups is 1. The average molecular weight is 432 g/mol. The van der Waals surface area contributed by atoms with Gasteiger partial charge in [-0.1, -0.05) is 34.1 Å². The van der Waals surface area contributed by atoms with Crippen LogP contribution < -0.4 is 15.6 Å². The van der Waals surface area contributed by atoms with E-state index in [1.165, 1.54) is 7.05 Å². The van der Waals surface area contributed by atoms with Crippen molar-refractivity contribution in [2.24, 2.45) is 0 Å². The maximum absolute atomic E-state index is 12.7. The van der Waals surface area contributed by atoms with Gasteiger partial charge < -0.3 is 15.2 Å². The van der Waals surface area contributed by atoms with Crippen LogP contribution >= 0.6 is 15.9 Å². The number of aliphatic hydroxyl groups excluding tert-OH is 1. The summed E-state index contributed by atoms with van der Waals surface area (Å²) in [4.78, 5) is 24.8. The number of carbonyl (C=O) groups excluding carboxylic acids is 1. The molecular formula is C19H18BrN3O4. The van der Waals surface area contributed by atoms with Crippen molar-refractivity contribution in [2.75, 3.05) is 13.7 Å². The lowest BCUT2D eigenvalue weighted by molar-refractivity contribution is 0.0867. The lowest BCUT2D eigenvalue weighted by Gasteiger charge is -2.15. The van der Waals surface area contributed by atoms with Gasteiger partial charge in [0.05, 0.1) is 11.9 Å². The van der Waals surface area contributed by atoms with Crippen molar-refractivity contribution in [2.45, 2.75) is 12.6 Å². The molecule has 0 aliphatic heterocycles. The fraction of sp³-hybridized carbons (Fsp3) is 0.211. The Morgan fingerprint density at radius 1 is 1.22 bits per heavy atom. The van der Waals surface area contributed by atoms with Crippen LogP contribution in [-0.2, 0) is 6.54 Å². The second-order valence-electron chi connectivity index (χ2n) is 5.88. The summed E-state index contributed by atoms with van der Waals surface area (Å²) in [6, 6.07) is 13.9. The maximum atomic E-state index is 12.7. The van der Waals surface area contributed by atoms with Gasteiger partial charge in [0.1, 0.15) is 18.5 Å². The highest BCUT2D eigenvalue weighted by molar-refractivity contribution is 9.10. The Balaban J connectivity index is 1.83. The van der Waals surface area contributed by atoms with Crippen LogP contribution in [0.3, 0.4) is 0 Å². The van der Waals surface area contributed by atoms with Crippen LogP contribution in [0.1, 0.15) is 10.5 Å². The Labute approximate surface area is 163 Å². The highest BCUT2D eigenvalue weighted by Crippen LogP contribution is 2.16. The first kappa shape index (κ1) is 19.1. The quantitative estimate of drug-likeness (QED) is 0.621. The van der Waals surface area contributed by atoms with Crippen molar-refractivity contribution in [3.63, 3.8) is 0 Å². The second kappa shape index (κ2) is 8.32. The molecule has 2 aromatic carbocycles. The molecule has 1 atom stereocenters. The minimum Gasteiger partial charge on any atom is -0.491 e. The number of ether oxygens (including phenoxy) is 1. The summed E-state index contributed by atoms with van der Waals surface area (Å²) in [5.41, 5.74) is -0.241. The van der Waals surface area contributed by atoms with E-state index in [1.54, 1.807) is 36.4 Å². The van der Waals surface area contributed by atoms with Crippen molar-refractivity contribution in [3.05, 3.63) is 69.1 Å². The number of benzene rings is 2. The van der Waals surface area contributed by atoms with Crippen LogP contribution in [0.5, 0.6) is 5.75 Å². The molecule has 27 heavy (non-hydrogen) atoms. The topological polar surface area (TPSA) is 93.5 Å². The largest absolute Gasteiger partial charge is 0.491 e. The van der Waals surface area contributed by atoms with Gasteiger partial charge in [0.2, 0.25) is 0 Å². The molecule has 0 radical (unpaired) electrons. The Bertz CT molecular complexity index is 1020. The zero-order valence-corrected chi connectivity index (χ0v) is 16.1. The van der Waals surface area contributed by atoms with Crippen molar-refractivity contribution < 1.29 is 14.6 Å². The number of nitrogens with one attached hydrogen (secondary N) is 1. The monoisotopic (exact) mass is 431 g/mol. The fourth-order valence-corrected chi connectivity index (χ4v) is 2.88. The Morgan fingerprint density at radius 3 is 2.56 bits per heavy atom. The van der Waals surface area contributed by atoms with E-state index >= 15 is 0 Å². The highest BCUT2D eigenvalue weighted by Gasteiger charge is 2.17. The average Bonchev–Trinajstić information content (AvgIpc) is 2.69. The standard InChI is InChI=1S/C19H18BrN3O4/c1-21-18(25)17-15-4-2-3-5-16(15)19(26)23(22-17)10-13(24)11-27-14-8-6-12(20)7-9-14/h2-9,13,24H,10-11H2,1H3,(H,21,25). The highest BCUT2D eigenvalue weighted by atomic mass is 79.9. The van der Waals surface area contributed by atoms with E-state index in [0.717, 1.165) is 9.15 Å². The minimum absolute atomic E-state index is 0.0160. The Kier molecular flexibility index (Phi) is 5.88. The van der Waals surface area contributed by atoms with Crippen LogP contribution in [0, 0.1) is 0 Å². The number of hydrogen-bond donors (Lipinski definition) is 2. The van der Waals surface area contributed by atoms with Gasteiger partial charge in [-0.2, -0.15) is 5.10 Å². The third-order valence-corrected chi connectivity index (χ3v) is 4.48. The number of halogens is 1. The first-order valence-electron chi connectivity index (χ1n) is 8.28. The summed E-state index contributed by atoms with van der Waals surface area (Å²) in [5, 5.41) is 17.8. The molecule has 1 aromatic heterocycles. The number of hydrogen-bond acceptors (Lipinski definition) is 5. The Morgan fingerprint density at radius 2 is 1.89 bits per heavy atom. The van der Waals surface area contributed by atoms with Crippen LogP contribution in [0.2, 0.25) is 0 Å². The van der Waals surface area contributed by atoms with Gasteiger partial charge in [0.15, 0.2) is 5.69 Å². The lowest BCUT2D eigenvalue weighted by atomic mass is 10.1. The third-order valence-electron chi connectivity index (χ3n) is 3.95. The predicted molar refractivity (Wildman–Crippen MR) is 105 cm³/mol. The van der Waals surface area contributed by atoms with E-state index in [2.05, 4.69) is 26.3 Å². The van der Waals surface area contributed by atoms with Gasteiger partial charge in [0.25, 0.3) is 11.5 Å². The molecule has 3 rings (SSSR count). The van der Waals surface area contributed by atoms with Crippen LogP contribution in [0.25, 0.3) is 10.8 Å². The summed E-state index contributed by atoms with van der Waals surface area (Å²) in [6.07, 6.45) is -0.974. The molecule has 0 spiro atoms. The van der Waals surface area contributed by atoms with E-state index in [-0.39, 0.29) is 24.4 Å². The Hall–Kier alpha value is -2.71. The van der Waals surface area contributed by atoms with Gasteiger partial charge in [-0.05, 0) is 30.3 Å². The minimum atomic E-state index is -0.974. The predicted octanol–water partition coefficient (Wildman–Crippen LogP) is 1.96. The molecule has 2 N–H and O–H groups in total. The summed E-state index contributed by atoms with van der Waals surface area (Å²) in [7, 11) is 1.50. The molecular weight excluding hydrogens is 414 g/mol. The summed E-state index contributed by atoms with van der Waals surface area (Å²) in [6.45, 7) is -0.109. The van der Waals surface area contributed by atoms with Crippen molar-refractivity contribution >= 4 is 32.6 Å². The number of aromatic nitrogens is 2. The van der Waals surface area contributed by atoms with Gasteiger partial charge in [0, 0.05) is 16.9 Å². The molecule has 7 nitrogen and oxygen atoms in total. The van der Waals surface area contributed by atoms with Gasteiger partial charge in [-0.3, -0.25) is 9.59 Å². The van der Waals surface area contributed by atoms with E-state index in [4.69, 9.17) is 4.74 Å². The summed E-state index contributed by atoms with van der Waals surface area (Å²) < 4.78 is 7.55. The first-order valence-corrected chi connectivity index (χ1v) is 9.07. The molecule has 0 saturated heterocycles. The van der Waals surface area contributed by atoms with Crippen LogP contribution in [0.4, 0.5) is 0 Å². The smallest absolute Gasteiger partial charge is 0.274 e. The molecule has 1 heterocycles. The molecule has 0 aliphatic carbocycles. The van der Waals surface area contributed by atoms with Gasteiger partial charge in [-0.15, -0.1) is 0 Å². The summed E-state index contributed by atoms with van der Waals surface area (Å²) >= 11 is 3.34. The van der Waals surface area contributed by atoms with Crippen LogP contribution in [-0.4, -0.2) is 40.6 Å². The lowest BCUT2D eigenvalue weighted by Crippen LogP contribution is -2.34. The zero-order valence-electron chi connectivity index (χ0n) is 14.6. The van der Waals surface area contributed by atoms with E-state index in [9.17, 15) is 14.7 Å².